The molecule has 2 atom stereocenters. The van der Waals surface area contributed by atoms with Crippen molar-refractivity contribution in [1.82, 2.24) is 10.2 Å². The molecule has 1 heterocycles. The van der Waals surface area contributed by atoms with E-state index in [1.165, 1.54) is 6.08 Å². The van der Waals surface area contributed by atoms with Crippen LogP contribution in [-0.4, -0.2) is 59.2 Å². The molecule has 7 nitrogen and oxygen atoms in total. The minimum Gasteiger partial charge on any atom is -0.447 e. The third-order valence-corrected chi connectivity index (χ3v) is 4.45. The van der Waals surface area contributed by atoms with Crippen molar-refractivity contribution in [2.24, 2.45) is 0 Å². The van der Waals surface area contributed by atoms with Crippen molar-refractivity contribution < 1.29 is 24.4 Å². The highest BCUT2D eigenvalue weighted by Gasteiger charge is 2.29. The van der Waals surface area contributed by atoms with Gasteiger partial charge in [-0.25, -0.2) is 4.79 Å². The molecule has 1 aliphatic rings. The summed E-state index contributed by atoms with van der Waals surface area (Å²) in [7, 11) is -1.71. The number of hydrogen-bond acceptors (Lipinski definition) is 5. The highest BCUT2D eigenvalue weighted by Crippen LogP contribution is 2.17. The standard InChI is InChI=1S/C18H25BN2O5/c1-2-17(22)21-11-7-6-10-15(21)13-26-18(23)20-16(19(24)25)12-14-8-4-3-5-9-14/h2-5,8-9,15-16,24-25H,1,6-7,10-13H2,(H,20,23)/t15-,16?/m1/s1. The van der Waals surface area contributed by atoms with Crippen LogP contribution in [0.3, 0.4) is 0 Å². The van der Waals surface area contributed by atoms with E-state index in [0.29, 0.717) is 6.54 Å². The first-order valence-corrected chi connectivity index (χ1v) is 8.77. The molecule has 3 N–H and O–H groups in total. The van der Waals surface area contributed by atoms with Gasteiger partial charge in [-0.2, -0.15) is 0 Å². The lowest BCUT2D eigenvalue weighted by atomic mass is 9.76. The van der Waals surface area contributed by atoms with Crippen LogP contribution in [0.2, 0.25) is 0 Å². The van der Waals surface area contributed by atoms with E-state index in [1.54, 1.807) is 4.90 Å². The molecule has 0 aliphatic carbocycles. The lowest BCUT2D eigenvalue weighted by Gasteiger charge is -2.34. The zero-order valence-corrected chi connectivity index (χ0v) is 14.7. The molecule has 0 aromatic heterocycles. The van der Waals surface area contributed by atoms with E-state index >= 15 is 0 Å². The Balaban J connectivity index is 1.87. The summed E-state index contributed by atoms with van der Waals surface area (Å²) in [5, 5.41) is 21.5. The van der Waals surface area contributed by atoms with Gasteiger partial charge in [-0.3, -0.25) is 4.79 Å². The van der Waals surface area contributed by atoms with Gasteiger partial charge in [0.15, 0.2) is 0 Å². The van der Waals surface area contributed by atoms with Crippen LogP contribution in [0.15, 0.2) is 43.0 Å². The third-order valence-electron chi connectivity index (χ3n) is 4.45. The lowest BCUT2D eigenvalue weighted by Crippen LogP contribution is -2.50. The van der Waals surface area contributed by atoms with E-state index in [2.05, 4.69) is 11.9 Å². The van der Waals surface area contributed by atoms with Gasteiger partial charge in [0.2, 0.25) is 5.91 Å². The maximum atomic E-state index is 12.1. The van der Waals surface area contributed by atoms with Crippen LogP contribution in [0.25, 0.3) is 0 Å². The van der Waals surface area contributed by atoms with E-state index < -0.39 is 19.2 Å². The van der Waals surface area contributed by atoms with Gasteiger partial charge in [0.05, 0.1) is 12.0 Å². The number of nitrogens with zero attached hydrogens (tertiary/aromatic N) is 1. The van der Waals surface area contributed by atoms with Crippen molar-refractivity contribution in [3.63, 3.8) is 0 Å². The van der Waals surface area contributed by atoms with Gasteiger partial charge < -0.3 is 25.0 Å². The molecule has 0 saturated carbocycles. The Kier molecular flexibility index (Phi) is 7.68. The molecule has 2 amide bonds. The predicted octanol–water partition coefficient (Wildman–Crippen LogP) is 0.903. The molecule has 0 radical (unpaired) electrons. The Morgan fingerprint density at radius 3 is 2.73 bits per heavy atom. The van der Waals surface area contributed by atoms with Gasteiger partial charge in [-0.05, 0) is 37.3 Å². The third kappa shape index (κ3) is 5.89. The Bertz CT molecular complexity index is 611. The molecule has 1 fully saturated rings. The number of rotatable bonds is 7. The second kappa shape index (κ2) is 9.99. The number of hydrogen-bond donors (Lipinski definition) is 3. The summed E-state index contributed by atoms with van der Waals surface area (Å²) < 4.78 is 5.22. The topological polar surface area (TPSA) is 99.1 Å². The Labute approximate surface area is 153 Å². The van der Waals surface area contributed by atoms with Crippen molar-refractivity contribution >= 4 is 19.1 Å². The first-order valence-electron chi connectivity index (χ1n) is 8.77. The molecule has 1 unspecified atom stereocenters. The van der Waals surface area contributed by atoms with Crippen molar-refractivity contribution in [3.8, 4) is 0 Å². The SMILES string of the molecule is C=CC(=O)N1CCCC[C@@H]1COC(=O)NC(Cc1ccccc1)B(O)O. The van der Waals surface area contributed by atoms with Gasteiger partial charge in [-0.1, -0.05) is 36.9 Å². The van der Waals surface area contributed by atoms with Gasteiger partial charge >= 0.3 is 13.2 Å². The highest BCUT2D eigenvalue weighted by atomic mass is 16.5. The lowest BCUT2D eigenvalue weighted by molar-refractivity contribution is -0.130. The van der Waals surface area contributed by atoms with Crippen molar-refractivity contribution in [1.29, 1.82) is 0 Å². The monoisotopic (exact) mass is 360 g/mol. The number of alkyl carbamates (subject to hydrolysis) is 1. The molecular weight excluding hydrogens is 335 g/mol. The summed E-state index contributed by atoms with van der Waals surface area (Å²) in [5.74, 6) is -1.06. The fourth-order valence-corrected chi connectivity index (χ4v) is 3.05. The Hall–Kier alpha value is -2.32. The maximum absolute atomic E-state index is 12.1. The minimum atomic E-state index is -1.71. The number of benzene rings is 1. The zero-order valence-electron chi connectivity index (χ0n) is 14.7. The average molecular weight is 360 g/mol. The number of nitrogens with one attached hydrogen (secondary N) is 1. The highest BCUT2D eigenvalue weighted by molar-refractivity contribution is 6.43. The fourth-order valence-electron chi connectivity index (χ4n) is 3.05. The van der Waals surface area contributed by atoms with Crippen LogP contribution < -0.4 is 5.32 Å². The summed E-state index contributed by atoms with van der Waals surface area (Å²) in [6.07, 6.45) is 3.41. The second-order valence-corrected chi connectivity index (χ2v) is 6.34. The number of carbonyl (C=O) groups is 2. The Morgan fingerprint density at radius 2 is 2.08 bits per heavy atom. The molecule has 8 heteroatoms. The van der Waals surface area contributed by atoms with Gasteiger partial charge in [0.25, 0.3) is 0 Å². The molecule has 0 bridgehead atoms. The summed E-state index contributed by atoms with van der Waals surface area (Å²) in [4.78, 5) is 25.6. The normalized spacial score (nSPS) is 17.9. The average Bonchev–Trinajstić information content (AvgIpc) is 2.66. The quantitative estimate of drug-likeness (QED) is 0.496. The van der Waals surface area contributed by atoms with E-state index in [-0.39, 0.29) is 25.0 Å². The first-order chi connectivity index (χ1) is 12.5. The maximum Gasteiger partial charge on any atom is 0.475 e. The number of amides is 2. The first kappa shape index (κ1) is 20.0. The van der Waals surface area contributed by atoms with Gasteiger partial charge in [0, 0.05) is 6.54 Å². The minimum absolute atomic E-state index is 0.0605. The van der Waals surface area contributed by atoms with E-state index in [1.807, 2.05) is 30.3 Å². The number of likely N-dealkylation sites (tertiary alicyclic amines) is 1. The molecule has 140 valence electrons. The summed E-state index contributed by atoms with van der Waals surface area (Å²) in [5.41, 5.74) is 0.862. The molecule has 26 heavy (non-hydrogen) atoms. The number of carbonyl (C=O) groups excluding carboxylic acids is 2. The molecular formula is C18H25BN2O5. The van der Waals surface area contributed by atoms with E-state index in [9.17, 15) is 19.6 Å². The second-order valence-electron chi connectivity index (χ2n) is 6.34. The number of piperidine rings is 1. The molecule has 1 aliphatic heterocycles. The predicted molar refractivity (Wildman–Crippen MR) is 98.2 cm³/mol. The van der Waals surface area contributed by atoms with E-state index in [0.717, 1.165) is 24.8 Å². The van der Waals surface area contributed by atoms with Crippen LogP contribution in [0.5, 0.6) is 0 Å². The fraction of sp³-hybridized carbons (Fsp3) is 0.444. The van der Waals surface area contributed by atoms with Gasteiger partial charge in [-0.15, -0.1) is 0 Å². The van der Waals surface area contributed by atoms with Crippen LogP contribution >= 0.6 is 0 Å². The van der Waals surface area contributed by atoms with Crippen molar-refractivity contribution in [3.05, 3.63) is 48.6 Å². The van der Waals surface area contributed by atoms with E-state index in [4.69, 9.17) is 4.74 Å². The zero-order chi connectivity index (χ0) is 18.9. The van der Waals surface area contributed by atoms with Crippen LogP contribution in [0, 0.1) is 0 Å². The summed E-state index contributed by atoms with van der Waals surface area (Å²) in [6, 6.07) is 9.01. The van der Waals surface area contributed by atoms with Crippen molar-refractivity contribution in [2.45, 2.75) is 37.7 Å². The molecule has 2 rings (SSSR count). The van der Waals surface area contributed by atoms with Crippen molar-refractivity contribution in [2.75, 3.05) is 13.2 Å². The summed E-state index contributed by atoms with van der Waals surface area (Å²) >= 11 is 0. The van der Waals surface area contributed by atoms with Gasteiger partial charge in [0.1, 0.15) is 6.61 Å². The molecule has 1 aromatic rings. The smallest absolute Gasteiger partial charge is 0.447 e. The van der Waals surface area contributed by atoms with Crippen LogP contribution in [0.1, 0.15) is 24.8 Å². The summed E-state index contributed by atoms with van der Waals surface area (Å²) in [6.45, 7) is 4.18. The number of ether oxygens (including phenoxy) is 1. The molecule has 1 saturated heterocycles. The Morgan fingerprint density at radius 1 is 1.35 bits per heavy atom. The largest absolute Gasteiger partial charge is 0.475 e. The molecule has 0 spiro atoms. The van der Waals surface area contributed by atoms with Crippen LogP contribution in [0.4, 0.5) is 4.79 Å². The van der Waals surface area contributed by atoms with Crippen LogP contribution in [-0.2, 0) is 16.0 Å². The molecule has 1 aromatic carbocycles.